The predicted octanol–water partition coefficient (Wildman–Crippen LogP) is 5.16. The first kappa shape index (κ1) is 28.4. The van der Waals surface area contributed by atoms with Gasteiger partial charge in [-0.15, -0.1) is 10.2 Å². The van der Waals surface area contributed by atoms with Gasteiger partial charge in [0, 0.05) is 25.8 Å². The monoisotopic (exact) mass is 576 g/mol. The number of likely N-dealkylation sites (tertiary alicyclic amines) is 1. The minimum Gasteiger partial charge on any atom is -0.397 e. The van der Waals surface area contributed by atoms with Crippen LogP contribution < -0.4 is 10.5 Å². The lowest BCUT2D eigenvalue weighted by atomic mass is 9.58. The second-order valence-corrected chi connectivity index (χ2v) is 13.2. The molecule has 1 saturated carbocycles. The maximum Gasteiger partial charge on any atom is 0.418 e. The standard InChI is InChI=1S/C28H35F3N6O2S/c1-18-6-5-9-37(15-18)16-20-10-23(28(29,30)31)25(32)24(11-20)40(38,39)35-22-8-4-7-21(12-22)27(13-19(2)14-27)26-34-33-17-36(26)3/h4,7-8,10-12,17-19,35H,5-6,9,13-16,32H2,1-3H3. The summed E-state index contributed by atoms with van der Waals surface area (Å²) in [6.45, 7) is 5.94. The summed E-state index contributed by atoms with van der Waals surface area (Å²) in [5.41, 5.74) is 4.86. The zero-order valence-corrected chi connectivity index (χ0v) is 23.7. The van der Waals surface area contributed by atoms with Crippen LogP contribution in [0.3, 0.4) is 0 Å². The van der Waals surface area contributed by atoms with Crippen LogP contribution in [0.5, 0.6) is 0 Å². The van der Waals surface area contributed by atoms with Crippen molar-refractivity contribution in [2.75, 3.05) is 23.5 Å². The van der Waals surface area contributed by atoms with Crippen molar-refractivity contribution in [3.8, 4) is 0 Å². The average molecular weight is 577 g/mol. The van der Waals surface area contributed by atoms with Gasteiger partial charge in [-0.2, -0.15) is 13.2 Å². The third kappa shape index (κ3) is 5.43. The van der Waals surface area contributed by atoms with Gasteiger partial charge in [-0.1, -0.05) is 26.0 Å². The molecule has 12 heteroatoms. The third-order valence-corrected chi connectivity index (χ3v) is 9.57. The largest absolute Gasteiger partial charge is 0.418 e. The van der Waals surface area contributed by atoms with Crippen LogP contribution in [-0.2, 0) is 35.2 Å². The van der Waals surface area contributed by atoms with Gasteiger partial charge in [-0.3, -0.25) is 9.62 Å². The Morgan fingerprint density at radius 2 is 1.90 bits per heavy atom. The molecule has 40 heavy (non-hydrogen) atoms. The van der Waals surface area contributed by atoms with Crippen LogP contribution in [0.2, 0.25) is 0 Å². The van der Waals surface area contributed by atoms with Crippen molar-refractivity contribution in [2.24, 2.45) is 18.9 Å². The number of rotatable bonds is 7. The number of nitrogens with two attached hydrogens (primary N) is 1. The number of nitrogen functional groups attached to an aromatic ring is 1. The SMILES string of the molecule is CC1CCCN(Cc2cc(C(F)(F)F)c(N)c(S(=O)(=O)Nc3cccc(C4(c5nncn5C)CC(C)C4)c3)c2)C1. The molecule has 2 fully saturated rings. The highest BCUT2D eigenvalue weighted by atomic mass is 32.2. The van der Waals surface area contributed by atoms with Crippen LogP contribution in [0.25, 0.3) is 0 Å². The van der Waals surface area contributed by atoms with Gasteiger partial charge < -0.3 is 10.3 Å². The molecule has 2 heterocycles. The first-order valence-corrected chi connectivity index (χ1v) is 15.0. The zero-order valence-electron chi connectivity index (χ0n) is 22.9. The molecule has 0 amide bonds. The highest BCUT2D eigenvalue weighted by Crippen LogP contribution is 2.51. The summed E-state index contributed by atoms with van der Waals surface area (Å²) in [6.07, 6.45) is 0.461. The van der Waals surface area contributed by atoms with Crippen molar-refractivity contribution >= 4 is 21.4 Å². The number of aromatic nitrogens is 3. The van der Waals surface area contributed by atoms with E-state index in [-0.39, 0.29) is 17.8 Å². The van der Waals surface area contributed by atoms with Crippen molar-refractivity contribution in [3.05, 3.63) is 65.2 Å². The third-order valence-electron chi connectivity index (χ3n) is 8.14. The number of nitrogens with zero attached hydrogens (tertiary/aromatic N) is 4. The van der Waals surface area contributed by atoms with Gasteiger partial charge >= 0.3 is 6.18 Å². The van der Waals surface area contributed by atoms with Gasteiger partial charge in [0.2, 0.25) is 0 Å². The van der Waals surface area contributed by atoms with E-state index >= 15 is 0 Å². The van der Waals surface area contributed by atoms with Gasteiger partial charge in [0.25, 0.3) is 10.0 Å². The summed E-state index contributed by atoms with van der Waals surface area (Å²) in [6, 6.07) is 9.17. The average Bonchev–Trinajstić information content (AvgIpc) is 3.28. The first-order valence-electron chi connectivity index (χ1n) is 13.5. The Labute approximate surface area is 232 Å². The van der Waals surface area contributed by atoms with Crippen molar-refractivity contribution in [1.29, 1.82) is 0 Å². The molecule has 1 aliphatic heterocycles. The minimum atomic E-state index is -4.80. The molecule has 1 aromatic heterocycles. The van der Waals surface area contributed by atoms with E-state index in [4.69, 9.17) is 5.73 Å². The lowest BCUT2D eigenvalue weighted by Crippen LogP contribution is -2.43. The lowest BCUT2D eigenvalue weighted by molar-refractivity contribution is -0.137. The molecule has 2 aliphatic rings. The zero-order chi connectivity index (χ0) is 28.9. The predicted molar refractivity (Wildman–Crippen MR) is 147 cm³/mol. The Balaban J connectivity index is 1.49. The summed E-state index contributed by atoms with van der Waals surface area (Å²) >= 11 is 0. The van der Waals surface area contributed by atoms with Crippen LogP contribution in [0.1, 0.15) is 62.0 Å². The quantitative estimate of drug-likeness (QED) is 0.376. The molecular formula is C28H35F3N6O2S. The molecule has 216 valence electrons. The molecule has 3 aromatic rings. The molecule has 1 unspecified atom stereocenters. The maximum absolute atomic E-state index is 14.0. The summed E-state index contributed by atoms with van der Waals surface area (Å²) < 4.78 is 73.4. The number of aryl methyl sites for hydroxylation is 1. The Morgan fingerprint density at radius 1 is 1.15 bits per heavy atom. The minimum absolute atomic E-state index is 0.212. The summed E-state index contributed by atoms with van der Waals surface area (Å²) in [5, 5.41) is 8.35. The van der Waals surface area contributed by atoms with E-state index in [0.717, 1.165) is 56.2 Å². The van der Waals surface area contributed by atoms with E-state index in [9.17, 15) is 21.6 Å². The van der Waals surface area contributed by atoms with Gasteiger partial charge in [0.15, 0.2) is 0 Å². The molecule has 2 aromatic carbocycles. The maximum atomic E-state index is 14.0. The summed E-state index contributed by atoms with van der Waals surface area (Å²) in [7, 11) is -2.59. The Kier molecular flexibility index (Phi) is 7.37. The lowest BCUT2D eigenvalue weighted by Gasteiger charge is -2.46. The van der Waals surface area contributed by atoms with Gasteiger partial charge in [-0.25, -0.2) is 8.42 Å². The molecule has 0 spiro atoms. The number of alkyl halides is 3. The fourth-order valence-corrected chi connectivity index (χ4v) is 7.66. The Bertz CT molecular complexity index is 1500. The fraction of sp³-hybridized carbons (Fsp3) is 0.500. The fourth-order valence-electron chi connectivity index (χ4n) is 6.40. The number of sulfonamides is 1. The van der Waals surface area contributed by atoms with Crippen LogP contribution in [0.15, 0.2) is 47.6 Å². The van der Waals surface area contributed by atoms with Gasteiger partial charge in [0.05, 0.1) is 16.7 Å². The number of hydrogen-bond donors (Lipinski definition) is 2. The van der Waals surface area contributed by atoms with Crippen LogP contribution in [0.4, 0.5) is 24.5 Å². The number of hydrogen-bond acceptors (Lipinski definition) is 6. The van der Waals surface area contributed by atoms with Crippen molar-refractivity contribution in [2.45, 2.75) is 62.6 Å². The van der Waals surface area contributed by atoms with Crippen LogP contribution in [-0.4, -0.2) is 41.2 Å². The molecule has 0 radical (unpaired) electrons. The van der Waals surface area contributed by atoms with Crippen molar-refractivity contribution < 1.29 is 21.6 Å². The molecule has 1 atom stereocenters. The topological polar surface area (TPSA) is 106 Å². The van der Waals surface area contributed by atoms with Gasteiger partial charge in [0.1, 0.15) is 17.0 Å². The number of anilines is 2. The van der Waals surface area contributed by atoms with Crippen LogP contribution in [0, 0.1) is 11.8 Å². The van der Waals surface area contributed by atoms with Crippen molar-refractivity contribution in [3.63, 3.8) is 0 Å². The molecule has 5 rings (SSSR count). The van der Waals surface area contributed by atoms with E-state index in [1.54, 1.807) is 24.5 Å². The highest BCUT2D eigenvalue weighted by Gasteiger charge is 2.48. The second kappa shape index (κ2) is 10.4. The molecule has 3 N–H and O–H groups in total. The Morgan fingerprint density at radius 3 is 2.52 bits per heavy atom. The van der Waals surface area contributed by atoms with Crippen molar-refractivity contribution in [1.82, 2.24) is 19.7 Å². The molecule has 8 nitrogen and oxygen atoms in total. The normalized spacial score (nSPS) is 24.1. The first-order chi connectivity index (χ1) is 18.8. The molecule has 1 saturated heterocycles. The number of benzene rings is 2. The van der Waals surface area contributed by atoms with E-state index in [2.05, 4.69) is 33.7 Å². The van der Waals surface area contributed by atoms with E-state index in [0.29, 0.717) is 11.8 Å². The molecule has 1 aliphatic carbocycles. The number of halogens is 3. The van der Waals surface area contributed by atoms with E-state index in [1.807, 2.05) is 17.7 Å². The Hall–Kier alpha value is -3.12. The second-order valence-electron chi connectivity index (χ2n) is 11.6. The molecule has 0 bridgehead atoms. The molecular weight excluding hydrogens is 541 g/mol. The number of nitrogens with one attached hydrogen (secondary N) is 1. The highest BCUT2D eigenvalue weighted by molar-refractivity contribution is 7.92. The number of piperidine rings is 1. The smallest absolute Gasteiger partial charge is 0.397 e. The summed E-state index contributed by atoms with van der Waals surface area (Å²) in [4.78, 5) is 1.48. The van der Waals surface area contributed by atoms with E-state index in [1.165, 1.54) is 6.07 Å². The van der Waals surface area contributed by atoms with E-state index < -0.39 is 37.8 Å². The summed E-state index contributed by atoms with van der Waals surface area (Å²) in [5.74, 6) is 1.65. The van der Waals surface area contributed by atoms with Gasteiger partial charge in [-0.05, 0) is 79.5 Å². The van der Waals surface area contributed by atoms with Crippen LogP contribution >= 0.6 is 0 Å².